The molecule has 1 saturated heterocycles. The SMILES string of the molecule is COc1ccccc1CC(=O)C1NCC2(C(=O)N[C@@H](CSC(c3ccccc3)(c3ccccc3)c3ccccc3)C(=O)O)C3CCC(c4ccccc4)(c4ccccc43)C12. The molecule has 60 heavy (non-hydrogen) atoms. The van der Waals surface area contributed by atoms with Crippen molar-refractivity contribution in [2.24, 2.45) is 11.3 Å². The average molecular weight is 813 g/mol. The largest absolute Gasteiger partial charge is 0.496 e. The summed E-state index contributed by atoms with van der Waals surface area (Å²) in [6, 6.07) is 54.8. The molecule has 2 bridgehead atoms. The predicted molar refractivity (Wildman–Crippen MR) is 236 cm³/mol. The number of fused-ring (bicyclic) bond motifs is 1. The van der Waals surface area contributed by atoms with Gasteiger partial charge >= 0.3 is 5.97 Å². The van der Waals surface area contributed by atoms with Crippen LogP contribution in [-0.2, 0) is 31.0 Å². The Hall–Kier alpha value is -5.96. The van der Waals surface area contributed by atoms with Crippen molar-refractivity contribution in [3.63, 3.8) is 0 Å². The fourth-order valence-corrected chi connectivity index (χ4v) is 12.6. The summed E-state index contributed by atoms with van der Waals surface area (Å²) < 4.78 is 4.88. The standard InChI is InChI=1S/C52H48N2O5S/c1-59-45-29-17-14-18-35(45)32-44(55)46-47-50(36-19-6-2-7-20-36)31-30-42(40-27-15-16-28-41(40)50)51(47,34-53-46)49(58)54-43(48(56)57)33-60-52(37-21-8-3-9-22-37,38-23-10-4-11-24-38)39-25-12-5-13-26-39/h2-29,42-43,46-47,53H,30-34H2,1H3,(H,54,58)(H,56,57)/t42?,43-,46?,47?,50?,51?/m0/s1. The lowest BCUT2D eigenvalue weighted by Gasteiger charge is -2.61. The maximum absolute atomic E-state index is 15.7. The van der Waals surface area contributed by atoms with Gasteiger partial charge in [0, 0.05) is 41.5 Å². The molecule has 6 atom stereocenters. The third-order valence-corrected chi connectivity index (χ3v) is 15.2. The third-order valence-electron chi connectivity index (χ3n) is 13.5. The average Bonchev–Trinajstić information content (AvgIpc) is 3.74. The lowest BCUT2D eigenvalue weighted by atomic mass is 9.40. The fraction of sp³-hybridized carbons (Fsp3) is 0.250. The second-order valence-electron chi connectivity index (χ2n) is 16.3. The molecule has 6 aromatic rings. The predicted octanol–water partition coefficient (Wildman–Crippen LogP) is 8.55. The molecule has 1 saturated carbocycles. The summed E-state index contributed by atoms with van der Waals surface area (Å²) in [5.41, 5.74) is 5.27. The maximum Gasteiger partial charge on any atom is 0.327 e. The number of carbonyl (C=O) groups is 3. The Bertz CT molecular complexity index is 2400. The minimum atomic E-state index is -1.24. The molecule has 6 aromatic carbocycles. The van der Waals surface area contributed by atoms with Crippen LogP contribution in [0.5, 0.6) is 5.75 Å². The van der Waals surface area contributed by atoms with E-state index in [1.54, 1.807) is 7.11 Å². The van der Waals surface area contributed by atoms with Gasteiger partial charge in [-0.1, -0.05) is 164 Å². The minimum Gasteiger partial charge on any atom is -0.496 e. The van der Waals surface area contributed by atoms with Crippen LogP contribution in [0.2, 0.25) is 0 Å². The summed E-state index contributed by atoms with van der Waals surface area (Å²) in [5, 5.41) is 17.8. The third kappa shape index (κ3) is 6.36. The minimum absolute atomic E-state index is 0.0248. The van der Waals surface area contributed by atoms with E-state index < -0.39 is 39.5 Å². The van der Waals surface area contributed by atoms with Gasteiger partial charge in [0.05, 0.1) is 23.3 Å². The first-order chi connectivity index (χ1) is 29.3. The van der Waals surface area contributed by atoms with Crippen LogP contribution in [0.3, 0.4) is 0 Å². The van der Waals surface area contributed by atoms with E-state index in [-0.39, 0.29) is 36.3 Å². The van der Waals surface area contributed by atoms with E-state index in [2.05, 4.69) is 77.4 Å². The summed E-state index contributed by atoms with van der Waals surface area (Å²) >= 11 is 1.51. The molecule has 0 radical (unpaired) electrons. The van der Waals surface area contributed by atoms with Crippen LogP contribution >= 0.6 is 11.8 Å². The van der Waals surface area contributed by atoms with Crippen molar-refractivity contribution in [2.45, 2.75) is 47.4 Å². The Balaban J connectivity index is 1.13. The molecular formula is C52H48N2O5S. The molecule has 302 valence electrons. The molecule has 1 aliphatic heterocycles. The van der Waals surface area contributed by atoms with Crippen LogP contribution in [-0.4, -0.2) is 54.3 Å². The Kier molecular flexibility index (Phi) is 10.7. The molecule has 3 aliphatic carbocycles. The van der Waals surface area contributed by atoms with Crippen LogP contribution < -0.4 is 15.4 Å². The molecule has 7 nitrogen and oxygen atoms in total. The van der Waals surface area contributed by atoms with Gasteiger partial charge in [0.25, 0.3) is 0 Å². The van der Waals surface area contributed by atoms with Crippen molar-refractivity contribution in [3.05, 3.63) is 209 Å². The number of amides is 1. The summed E-state index contributed by atoms with van der Waals surface area (Å²) in [6.07, 6.45) is 1.60. The molecule has 0 spiro atoms. The molecule has 8 heteroatoms. The summed E-state index contributed by atoms with van der Waals surface area (Å²) in [5.74, 6) is -1.48. The number of para-hydroxylation sites is 1. The lowest BCUT2D eigenvalue weighted by molar-refractivity contribution is -0.147. The number of ether oxygens (including phenoxy) is 1. The van der Waals surface area contributed by atoms with E-state index >= 15 is 4.79 Å². The van der Waals surface area contributed by atoms with Crippen LogP contribution in [0, 0.1) is 11.3 Å². The molecule has 10 rings (SSSR count). The van der Waals surface area contributed by atoms with Gasteiger partial charge in [0.15, 0.2) is 5.78 Å². The van der Waals surface area contributed by atoms with Crippen molar-refractivity contribution in [1.29, 1.82) is 0 Å². The number of Topliss-reactive ketones (excluding diaryl/α,β-unsaturated/α-hetero) is 1. The number of methoxy groups -OCH3 is 1. The maximum atomic E-state index is 15.7. The Morgan fingerprint density at radius 1 is 0.767 bits per heavy atom. The Labute approximate surface area is 355 Å². The van der Waals surface area contributed by atoms with Gasteiger partial charge < -0.3 is 20.5 Å². The smallest absolute Gasteiger partial charge is 0.327 e. The number of nitrogens with one attached hydrogen (secondary N) is 2. The van der Waals surface area contributed by atoms with Crippen molar-refractivity contribution in [2.75, 3.05) is 19.4 Å². The van der Waals surface area contributed by atoms with Gasteiger partial charge in [0.1, 0.15) is 11.8 Å². The second-order valence-corrected chi connectivity index (χ2v) is 17.5. The number of carboxylic acids is 1. The highest BCUT2D eigenvalue weighted by Gasteiger charge is 2.72. The first kappa shape index (κ1) is 39.5. The van der Waals surface area contributed by atoms with Gasteiger partial charge in [-0.3, -0.25) is 9.59 Å². The van der Waals surface area contributed by atoms with Gasteiger partial charge in [-0.05, 0) is 52.3 Å². The number of hydrogen-bond acceptors (Lipinski definition) is 6. The second kappa shape index (κ2) is 16.2. The number of thioether (sulfide) groups is 1. The molecule has 3 N–H and O–H groups in total. The molecule has 0 aromatic heterocycles. The number of carboxylic acid groups (broad SMARTS) is 1. The first-order valence-corrected chi connectivity index (χ1v) is 21.7. The van der Waals surface area contributed by atoms with Gasteiger partial charge in [-0.15, -0.1) is 11.8 Å². The quantitative estimate of drug-likeness (QED) is 0.0948. The van der Waals surface area contributed by atoms with E-state index in [0.717, 1.165) is 51.8 Å². The highest BCUT2D eigenvalue weighted by Crippen LogP contribution is 2.69. The van der Waals surface area contributed by atoms with E-state index in [0.29, 0.717) is 5.75 Å². The first-order valence-electron chi connectivity index (χ1n) is 20.7. The highest BCUT2D eigenvalue weighted by atomic mass is 32.2. The normalized spacial score (nSPS) is 23.2. The van der Waals surface area contributed by atoms with E-state index in [9.17, 15) is 14.7 Å². The molecular weight excluding hydrogens is 765 g/mol. The number of aliphatic carboxylic acids is 1. The zero-order chi connectivity index (χ0) is 41.3. The number of carbonyl (C=O) groups excluding carboxylic acids is 2. The summed E-state index contributed by atoms with van der Waals surface area (Å²) in [4.78, 5) is 44.1. The number of hydrogen-bond donors (Lipinski definition) is 3. The van der Waals surface area contributed by atoms with Crippen LogP contribution in [0.15, 0.2) is 170 Å². The number of rotatable bonds is 14. The topological polar surface area (TPSA) is 105 Å². The summed E-state index contributed by atoms with van der Waals surface area (Å²) in [6.45, 7) is 0.237. The van der Waals surface area contributed by atoms with Crippen molar-refractivity contribution in [3.8, 4) is 5.75 Å². The number of ketones is 1. The van der Waals surface area contributed by atoms with E-state index in [1.165, 1.54) is 11.8 Å². The van der Waals surface area contributed by atoms with E-state index in [1.807, 2.05) is 103 Å². The molecule has 1 heterocycles. The van der Waals surface area contributed by atoms with E-state index in [4.69, 9.17) is 4.74 Å². The van der Waals surface area contributed by atoms with Crippen molar-refractivity contribution in [1.82, 2.24) is 10.6 Å². The zero-order valence-electron chi connectivity index (χ0n) is 33.5. The van der Waals surface area contributed by atoms with Gasteiger partial charge in [0.2, 0.25) is 5.91 Å². The number of benzene rings is 6. The Morgan fingerprint density at radius 2 is 1.32 bits per heavy atom. The van der Waals surface area contributed by atoms with Crippen LogP contribution in [0.1, 0.15) is 57.7 Å². The van der Waals surface area contributed by atoms with Gasteiger partial charge in [-0.25, -0.2) is 4.79 Å². The molecule has 2 fully saturated rings. The lowest BCUT2D eigenvalue weighted by Crippen LogP contribution is -2.65. The van der Waals surface area contributed by atoms with Crippen molar-refractivity contribution < 1.29 is 24.2 Å². The van der Waals surface area contributed by atoms with Crippen LogP contribution in [0.25, 0.3) is 0 Å². The zero-order valence-corrected chi connectivity index (χ0v) is 34.3. The monoisotopic (exact) mass is 812 g/mol. The van der Waals surface area contributed by atoms with Crippen LogP contribution in [0.4, 0.5) is 0 Å². The Morgan fingerprint density at radius 3 is 1.92 bits per heavy atom. The van der Waals surface area contributed by atoms with Crippen molar-refractivity contribution >= 4 is 29.4 Å². The summed E-state index contributed by atoms with van der Waals surface area (Å²) in [7, 11) is 1.61. The molecule has 5 unspecified atom stereocenters. The highest BCUT2D eigenvalue weighted by molar-refractivity contribution is 8.00. The fourth-order valence-electron chi connectivity index (χ4n) is 11.1. The molecule has 1 amide bonds. The van der Waals surface area contributed by atoms with Gasteiger partial charge in [-0.2, -0.15) is 0 Å². The molecule has 4 aliphatic rings.